The molecule has 2 aliphatic rings. The fraction of sp³-hybridized carbons (Fsp3) is 0.571. The molecule has 0 aromatic heterocycles. The molecule has 3 rings (SSSR count). The minimum Gasteiger partial charge on any atom is -0.369 e. The maximum Gasteiger partial charge on any atom is 0.0369 e. The molecule has 0 amide bonds. The summed E-state index contributed by atoms with van der Waals surface area (Å²) in [5.41, 5.74) is 2.76. The summed E-state index contributed by atoms with van der Waals surface area (Å²) in [6.45, 7) is 7.06. The van der Waals surface area contributed by atoms with Crippen LogP contribution in [0.4, 0.5) is 5.69 Å². The molecule has 16 heavy (non-hydrogen) atoms. The topological polar surface area (TPSA) is 6.48 Å². The number of benzene rings is 1. The van der Waals surface area contributed by atoms with Crippen molar-refractivity contribution in [1.29, 1.82) is 0 Å². The van der Waals surface area contributed by atoms with Crippen molar-refractivity contribution in [2.75, 3.05) is 31.1 Å². The first-order chi connectivity index (χ1) is 7.83. The Kier molecular flexibility index (Phi) is 2.60. The number of anilines is 1. The Hall–Kier alpha value is -1.02. The minimum absolute atomic E-state index is 0.930. The third kappa shape index (κ3) is 2.07. The van der Waals surface area contributed by atoms with Crippen LogP contribution in [-0.2, 0) is 0 Å². The fourth-order valence-electron chi connectivity index (χ4n) is 2.61. The molecule has 0 bridgehead atoms. The molecule has 1 aromatic rings. The van der Waals surface area contributed by atoms with E-state index >= 15 is 0 Å². The van der Waals surface area contributed by atoms with Crippen LogP contribution in [0.25, 0.3) is 0 Å². The molecule has 0 spiro atoms. The normalized spacial score (nSPS) is 22.4. The second kappa shape index (κ2) is 4.10. The third-order valence-electron chi connectivity index (χ3n) is 3.74. The van der Waals surface area contributed by atoms with Crippen LogP contribution < -0.4 is 4.90 Å². The van der Waals surface area contributed by atoms with Crippen molar-refractivity contribution in [1.82, 2.24) is 4.90 Å². The monoisotopic (exact) mass is 216 g/mol. The average molecular weight is 216 g/mol. The van der Waals surface area contributed by atoms with Crippen molar-refractivity contribution >= 4 is 5.69 Å². The summed E-state index contributed by atoms with van der Waals surface area (Å²) in [6, 6.07) is 9.80. The average Bonchev–Trinajstić information content (AvgIpc) is 3.13. The van der Waals surface area contributed by atoms with Gasteiger partial charge in [-0.1, -0.05) is 12.1 Å². The van der Waals surface area contributed by atoms with Crippen LogP contribution in [0.3, 0.4) is 0 Å². The molecule has 86 valence electrons. The van der Waals surface area contributed by atoms with Crippen molar-refractivity contribution in [3.8, 4) is 0 Å². The highest BCUT2D eigenvalue weighted by atomic mass is 15.3. The highest BCUT2D eigenvalue weighted by Crippen LogP contribution is 2.28. The van der Waals surface area contributed by atoms with E-state index in [1.165, 1.54) is 50.3 Å². The third-order valence-corrected chi connectivity index (χ3v) is 3.74. The van der Waals surface area contributed by atoms with Crippen LogP contribution in [0, 0.1) is 6.92 Å². The van der Waals surface area contributed by atoms with Gasteiger partial charge >= 0.3 is 0 Å². The van der Waals surface area contributed by atoms with E-state index in [9.17, 15) is 0 Å². The summed E-state index contributed by atoms with van der Waals surface area (Å²) >= 11 is 0. The second-order valence-electron chi connectivity index (χ2n) is 5.09. The van der Waals surface area contributed by atoms with Crippen LogP contribution in [0.15, 0.2) is 24.3 Å². The van der Waals surface area contributed by atoms with Crippen molar-refractivity contribution in [3.05, 3.63) is 29.8 Å². The number of piperazine rings is 1. The van der Waals surface area contributed by atoms with E-state index in [4.69, 9.17) is 0 Å². The van der Waals surface area contributed by atoms with Gasteiger partial charge < -0.3 is 4.90 Å². The summed E-state index contributed by atoms with van der Waals surface area (Å²) < 4.78 is 0. The molecule has 1 heterocycles. The highest BCUT2D eigenvalue weighted by Gasteiger charge is 2.31. The molecule has 2 heteroatoms. The zero-order chi connectivity index (χ0) is 11.0. The summed E-state index contributed by atoms with van der Waals surface area (Å²) in [7, 11) is 0. The maximum absolute atomic E-state index is 2.66. The number of hydrogen-bond acceptors (Lipinski definition) is 2. The van der Waals surface area contributed by atoms with E-state index in [2.05, 4.69) is 41.0 Å². The molecule has 1 aliphatic carbocycles. The Morgan fingerprint density at radius 3 is 2.44 bits per heavy atom. The lowest BCUT2D eigenvalue weighted by Crippen LogP contribution is -2.47. The number of rotatable bonds is 2. The summed E-state index contributed by atoms with van der Waals surface area (Å²) in [5.74, 6) is 0. The summed E-state index contributed by atoms with van der Waals surface area (Å²) in [4.78, 5) is 5.18. The van der Waals surface area contributed by atoms with Crippen LogP contribution in [0.2, 0.25) is 0 Å². The quantitative estimate of drug-likeness (QED) is 0.748. The Morgan fingerprint density at radius 1 is 1.06 bits per heavy atom. The van der Waals surface area contributed by atoms with Crippen LogP contribution in [0.5, 0.6) is 0 Å². The van der Waals surface area contributed by atoms with Crippen LogP contribution >= 0.6 is 0 Å². The Morgan fingerprint density at radius 2 is 1.81 bits per heavy atom. The molecule has 0 N–H and O–H groups in total. The first-order valence-electron chi connectivity index (χ1n) is 6.38. The standard InChI is InChI=1S/C14H20N2/c1-12-3-2-4-14(11-12)16-9-7-15(8-10-16)13-5-6-13/h2-4,11,13H,5-10H2,1H3. The first-order valence-corrected chi connectivity index (χ1v) is 6.38. The maximum atomic E-state index is 2.66. The zero-order valence-corrected chi connectivity index (χ0v) is 10.0. The lowest BCUT2D eigenvalue weighted by molar-refractivity contribution is 0.248. The Labute approximate surface area is 97.9 Å². The largest absolute Gasteiger partial charge is 0.369 e. The number of hydrogen-bond donors (Lipinski definition) is 0. The lowest BCUT2D eigenvalue weighted by Gasteiger charge is -2.36. The van der Waals surface area contributed by atoms with E-state index < -0.39 is 0 Å². The number of aryl methyl sites for hydroxylation is 1. The van der Waals surface area contributed by atoms with Gasteiger partial charge in [0.2, 0.25) is 0 Å². The number of nitrogens with zero attached hydrogens (tertiary/aromatic N) is 2. The predicted octanol–water partition coefficient (Wildman–Crippen LogP) is 2.28. The van der Waals surface area contributed by atoms with Gasteiger partial charge in [-0.2, -0.15) is 0 Å². The molecule has 1 saturated heterocycles. The van der Waals surface area contributed by atoms with Gasteiger partial charge in [0.15, 0.2) is 0 Å². The van der Waals surface area contributed by atoms with Gasteiger partial charge in [0, 0.05) is 37.9 Å². The predicted molar refractivity (Wildman–Crippen MR) is 68.0 cm³/mol. The van der Waals surface area contributed by atoms with Crippen molar-refractivity contribution in [3.63, 3.8) is 0 Å². The van der Waals surface area contributed by atoms with Gasteiger partial charge in [-0.3, -0.25) is 4.90 Å². The highest BCUT2D eigenvalue weighted by molar-refractivity contribution is 5.48. The van der Waals surface area contributed by atoms with Gasteiger partial charge in [0.25, 0.3) is 0 Å². The van der Waals surface area contributed by atoms with Gasteiger partial charge in [-0.15, -0.1) is 0 Å². The molecule has 0 unspecified atom stereocenters. The summed E-state index contributed by atoms with van der Waals surface area (Å²) in [6.07, 6.45) is 2.87. The van der Waals surface area contributed by atoms with Crippen molar-refractivity contribution < 1.29 is 0 Å². The first kappa shape index (κ1) is 10.2. The smallest absolute Gasteiger partial charge is 0.0369 e. The molecule has 0 radical (unpaired) electrons. The molecule has 1 aliphatic heterocycles. The molecular formula is C14H20N2. The van der Waals surface area contributed by atoms with E-state index in [0.717, 1.165) is 6.04 Å². The van der Waals surface area contributed by atoms with E-state index in [1.54, 1.807) is 0 Å². The van der Waals surface area contributed by atoms with Crippen molar-refractivity contribution in [2.45, 2.75) is 25.8 Å². The van der Waals surface area contributed by atoms with Gasteiger partial charge in [0.05, 0.1) is 0 Å². The molecule has 1 saturated carbocycles. The van der Waals surface area contributed by atoms with Crippen LogP contribution in [-0.4, -0.2) is 37.1 Å². The van der Waals surface area contributed by atoms with E-state index in [1.807, 2.05) is 0 Å². The van der Waals surface area contributed by atoms with E-state index in [0.29, 0.717) is 0 Å². The Balaban J connectivity index is 1.64. The fourth-order valence-corrected chi connectivity index (χ4v) is 2.61. The SMILES string of the molecule is Cc1cccc(N2CCN(C3CC3)CC2)c1. The minimum atomic E-state index is 0.930. The van der Waals surface area contributed by atoms with Gasteiger partial charge in [0.1, 0.15) is 0 Å². The molecule has 2 fully saturated rings. The van der Waals surface area contributed by atoms with Gasteiger partial charge in [-0.05, 0) is 37.5 Å². The Bertz CT molecular complexity index is 363. The molecule has 0 atom stereocenters. The lowest BCUT2D eigenvalue weighted by atomic mass is 10.2. The van der Waals surface area contributed by atoms with Crippen LogP contribution in [0.1, 0.15) is 18.4 Å². The van der Waals surface area contributed by atoms with Crippen molar-refractivity contribution in [2.24, 2.45) is 0 Å². The molecular weight excluding hydrogens is 196 g/mol. The summed E-state index contributed by atoms with van der Waals surface area (Å²) in [5, 5.41) is 0. The van der Waals surface area contributed by atoms with E-state index in [-0.39, 0.29) is 0 Å². The van der Waals surface area contributed by atoms with Gasteiger partial charge in [-0.25, -0.2) is 0 Å². The molecule has 1 aromatic carbocycles. The zero-order valence-electron chi connectivity index (χ0n) is 10.0. The molecule has 2 nitrogen and oxygen atoms in total. The second-order valence-corrected chi connectivity index (χ2v) is 5.09.